The van der Waals surface area contributed by atoms with Crippen LogP contribution in [-0.2, 0) is 31.6 Å². The standard InChI is InChI=1S/C43H58N8O7/c1-40(2,3)56-37(53)44-27-26-32(47-36(48-38(54)57-41(4,5)6)49-39(55)58-42(7,8)9)35(52)46-33-28-45-51(10)34(33)50-43(29-20-14-11-15-21-29,30-22-16-12-17-23-30)31-24-18-13-19-25-31/h11-25,28,32,36,47,50H,26-27H2,1-10H3,(H,44,53)(H,46,52)(H,48,54)(H,49,55)/t32-/m0/s1. The molecule has 1 aromatic heterocycles. The summed E-state index contributed by atoms with van der Waals surface area (Å²) in [6.07, 6.45) is -2.28. The van der Waals surface area contributed by atoms with Gasteiger partial charge in [-0.15, -0.1) is 0 Å². The third-order valence-electron chi connectivity index (χ3n) is 8.23. The van der Waals surface area contributed by atoms with Gasteiger partial charge in [-0.3, -0.25) is 25.4 Å². The molecule has 3 aromatic carbocycles. The summed E-state index contributed by atoms with van der Waals surface area (Å²) < 4.78 is 17.9. The van der Waals surface area contributed by atoms with Crippen molar-refractivity contribution in [1.29, 1.82) is 0 Å². The van der Waals surface area contributed by atoms with Crippen molar-refractivity contribution in [2.45, 2.75) is 103 Å². The van der Waals surface area contributed by atoms with E-state index in [9.17, 15) is 19.2 Å². The average molecular weight is 799 g/mol. The molecule has 4 aromatic rings. The predicted molar refractivity (Wildman–Crippen MR) is 223 cm³/mol. The number of aromatic nitrogens is 2. The van der Waals surface area contributed by atoms with Gasteiger partial charge >= 0.3 is 18.3 Å². The smallest absolute Gasteiger partial charge is 0.410 e. The maximum absolute atomic E-state index is 14.4. The van der Waals surface area contributed by atoms with Gasteiger partial charge in [0.2, 0.25) is 5.91 Å². The van der Waals surface area contributed by atoms with Crippen molar-refractivity contribution >= 4 is 35.7 Å². The summed E-state index contributed by atoms with van der Waals surface area (Å²) in [6.45, 7) is 15.3. The Balaban J connectivity index is 1.73. The number of anilines is 2. The summed E-state index contributed by atoms with van der Waals surface area (Å²) >= 11 is 0. The number of rotatable bonds is 14. The quantitative estimate of drug-likeness (QED) is 0.0442. The van der Waals surface area contributed by atoms with E-state index in [4.69, 9.17) is 14.2 Å². The van der Waals surface area contributed by atoms with Gasteiger partial charge in [0.15, 0.2) is 6.29 Å². The van der Waals surface area contributed by atoms with Crippen molar-refractivity contribution in [2.75, 3.05) is 17.2 Å². The van der Waals surface area contributed by atoms with Crippen LogP contribution in [0.2, 0.25) is 0 Å². The molecule has 312 valence electrons. The normalized spacial score (nSPS) is 12.5. The van der Waals surface area contributed by atoms with Crippen LogP contribution < -0.4 is 31.9 Å². The fraction of sp³-hybridized carbons (Fsp3) is 0.419. The van der Waals surface area contributed by atoms with Crippen molar-refractivity contribution in [3.05, 3.63) is 114 Å². The zero-order chi connectivity index (χ0) is 42.7. The van der Waals surface area contributed by atoms with Gasteiger partial charge in [-0.05, 0) is 85.4 Å². The molecule has 1 heterocycles. The van der Waals surface area contributed by atoms with Crippen LogP contribution in [-0.4, -0.2) is 69.6 Å². The average Bonchev–Trinajstić information content (AvgIpc) is 3.46. The summed E-state index contributed by atoms with van der Waals surface area (Å²) in [5, 5.41) is 22.1. The number of alkyl carbamates (subject to hydrolysis) is 3. The van der Waals surface area contributed by atoms with E-state index in [0.717, 1.165) is 16.7 Å². The molecule has 0 fully saturated rings. The van der Waals surface area contributed by atoms with E-state index in [1.807, 2.05) is 91.0 Å². The number of amides is 4. The minimum atomic E-state index is -1.37. The largest absolute Gasteiger partial charge is 0.444 e. The topological polar surface area (TPSA) is 186 Å². The highest BCUT2D eigenvalue weighted by molar-refractivity contribution is 5.97. The molecule has 15 nitrogen and oxygen atoms in total. The van der Waals surface area contributed by atoms with E-state index < -0.39 is 58.9 Å². The lowest BCUT2D eigenvalue weighted by Gasteiger charge is -2.38. The SMILES string of the molecule is Cn1ncc(NC(=O)[C@H](CCNC(=O)OC(C)(C)C)NC(NC(=O)OC(C)(C)C)NC(=O)OC(C)(C)C)c1NC(c1ccccc1)(c1ccccc1)c1ccccc1. The molecule has 0 aliphatic carbocycles. The molecular weight excluding hydrogens is 741 g/mol. The predicted octanol–water partition coefficient (Wildman–Crippen LogP) is 6.97. The molecule has 0 aliphatic rings. The Bertz CT molecular complexity index is 1840. The highest BCUT2D eigenvalue weighted by atomic mass is 16.6. The van der Waals surface area contributed by atoms with Gasteiger partial charge in [0.05, 0.1) is 12.2 Å². The fourth-order valence-corrected chi connectivity index (χ4v) is 5.95. The monoisotopic (exact) mass is 798 g/mol. The van der Waals surface area contributed by atoms with E-state index >= 15 is 0 Å². The second-order valence-electron chi connectivity index (χ2n) is 16.7. The lowest BCUT2D eigenvalue weighted by Crippen LogP contribution is -2.62. The Kier molecular flexibility index (Phi) is 14.5. The van der Waals surface area contributed by atoms with Gasteiger partial charge in [-0.1, -0.05) is 91.0 Å². The lowest BCUT2D eigenvalue weighted by atomic mass is 9.77. The number of carbonyl (C=O) groups is 4. The summed E-state index contributed by atoms with van der Waals surface area (Å²) in [6, 6.07) is 28.7. The zero-order valence-corrected chi connectivity index (χ0v) is 35.1. The molecule has 0 spiro atoms. The first-order valence-electron chi connectivity index (χ1n) is 19.1. The maximum Gasteiger partial charge on any atom is 0.410 e. The first kappa shape index (κ1) is 44.6. The Labute approximate surface area is 341 Å². The van der Waals surface area contributed by atoms with Crippen LogP contribution in [0.5, 0.6) is 0 Å². The van der Waals surface area contributed by atoms with Gasteiger partial charge < -0.3 is 30.2 Å². The third-order valence-corrected chi connectivity index (χ3v) is 8.23. The fourth-order valence-electron chi connectivity index (χ4n) is 5.95. The highest BCUT2D eigenvalue weighted by Gasteiger charge is 2.38. The minimum Gasteiger partial charge on any atom is -0.444 e. The number of benzene rings is 3. The van der Waals surface area contributed by atoms with Crippen molar-refractivity contribution in [3.63, 3.8) is 0 Å². The van der Waals surface area contributed by atoms with Gasteiger partial charge in [0.25, 0.3) is 0 Å². The van der Waals surface area contributed by atoms with Crippen molar-refractivity contribution < 1.29 is 33.4 Å². The van der Waals surface area contributed by atoms with Crippen LogP contribution in [0.3, 0.4) is 0 Å². The van der Waals surface area contributed by atoms with E-state index in [1.54, 1.807) is 74.0 Å². The lowest BCUT2D eigenvalue weighted by molar-refractivity contribution is -0.118. The Morgan fingerprint density at radius 2 is 1.05 bits per heavy atom. The maximum atomic E-state index is 14.4. The molecule has 1 atom stereocenters. The highest BCUT2D eigenvalue weighted by Crippen LogP contribution is 2.41. The first-order valence-corrected chi connectivity index (χ1v) is 19.1. The van der Waals surface area contributed by atoms with E-state index in [1.165, 1.54) is 6.20 Å². The van der Waals surface area contributed by atoms with Crippen molar-refractivity contribution in [2.24, 2.45) is 7.05 Å². The molecule has 0 saturated heterocycles. The molecule has 58 heavy (non-hydrogen) atoms. The number of nitrogens with one attached hydrogen (secondary N) is 6. The molecule has 0 bridgehead atoms. The van der Waals surface area contributed by atoms with E-state index in [0.29, 0.717) is 11.5 Å². The first-order chi connectivity index (χ1) is 27.1. The molecule has 0 saturated carbocycles. The summed E-state index contributed by atoms with van der Waals surface area (Å²) in [5.41, 5.74) is -0.306. The van der Waals surface area contributed by atoms with Crippen LogP contribution in [0.25, 0.3) is 0 Å². The number of carbonyl (C=O) groups excluding carboxylic acids is 4. The molecule has 0 aliphatic heterocycles. The van der Waals surface area contributed by atoms with Crippen LogP contribution in [0.15, 0.2) is 97.2 Å². The molecular formula is C43H58N8O7. The third kappa shape index (κ3) is 13.3. The molecule has 6 N–H and O–H groups in total. The van der Waals surface area contributed by atoms with Crippen LogP contribution in [0.4, 0.5) is 25.9 Å². The van der Waals surface area contributed by atoms with E-state index in [2.05, 4.69) is 37.0 Å². The summed E-state index contributed by atoms with van der Waals surface area (Å²) in [5.74, 6) is -0.0976. The molecule has 0 radical (unpaired) electrons. The number of ether oxygens (including phenoxy) is 3. The molecule has 4 amide bonds. The molecule has 0 unspecified atom stereocenters. The minimum absolute atomic E-state index is 0.0153. The van der Waals surface area contributed by atoms with Gasteiger partial charge in [-0.2, -0.15) is 5.10 Å². The Morgan fingerprint density at radius 3 is 1.47 bits per heavy atom. The van der Waals surface area contributed by atoms with Gasteiger partial charge in [0.1, 0.15) is 33.8 Å². The van der Waals surface area contributed by atoms with Crippen LogP contribution >= 0.6 is 0 Å². The summed E-state index contributed by atoms with van der Waals surface area (Å²) in [4.78, 5) is 53.0. The van der Waals surface area contributed by atoms with Crippen LogP contribution in [0, 0.1) is 0 Å². The zero-order valence-electron chi connectivity index (χ0n) is 35.1. The van der Waals surface area contributed by atoms with Gasteiger partial charge in [-0.25, -0.2) is 14.4 Å². The van der Waals surface area contributed by atoms with Crippen molar-refractivity contribution in [3.8, 4) is 0 Å². The van der Waals surface area contributed by atoms with E-state index in [-0.39, 0.29) is 13.0 Å². The Morgan fingerprint density at radius 1 is 0.638 bits per heavy atom. The molecule has 4 rings (SSSR count). The number of aryl methyl sites for hydroxylation is 1. The number of hydrogen-bond acceptors (Lipinski definition) is 10. The van der Waals surface area contributed by atoms with Gasteiger partial charge in [0, 0.05) is 13.6 Å². The number of hydrogen-bond donors (Lipinski definition) is 6. The second kappa shape index (κ2) is 18.9. The summed E-state index contributed by atoms with van der Waals surface area (Å²) in [7, 11) is 1.76. The Hall–Kier alpha value is -6.09. The number of nitrogens with zero attached hydrogens (tertiary/aromatic N) is 2. The second-order valence-corrected chi connectivity index (χ2v) is 16.7. The van der Waals surface area contributed by atoms with Crippen molar-refractivity contribution in [1.82, 2.24) is 31.0 Å². The van der Waals surface area contributed by atoms with Crippen LogP contribution in [0.1, 0.15) is 85.4 Å². The molecule has 15 heteroatoms.